The largest absolute Gasteiger partial charge is 0.372 e. The second-order valence-corrected chi connectivity index (χ2v) is 8.35. The fourth-order valence-electron chi connectivity index (χ4n) is 2.73. The average Bonchev–Trinajstić information content (AvgIpc) is 2.55. The first-order chi connectivity index (χ1) is 10.5. The molecular weight excluding hydrogens is 293 g/mol. The molecule has 1 aliphatic heterocycles. The van der Waals surface area contributed by atoms with Gasteiger partial charge in [0.1, 0.15) is 0 Å². The maximum absolute atomic E-state index is 13.8. The van der Waals surface area contributed by atoms with Crippen molar-refractivity contribution in [2.75, 3.05) is 0 Å². The molecule has 2 atom stereocenters. The van der Waals surface area contributed by atoms with E-state index in [1.165, 1.54) is 0 Å². The molecule has 0 saturated heterocycles. The summed E-state index contributed by atoms with van der Waals surface area (Å²) in [5, 5.41) is 10.4. The van der Waals surface area contributed by atoms with Crippen LogP contribution in [0.2, 0.25) is 0 Å². The Bertz CT molecular complexity index is 796. The molecule has 3 nitrogen and oxygen atoms in total. The molecule has 2 aromatic rings. The first-order valence-electron chi connectivity index (χ1n) is 7.16. The minimum absolute atomic E-state index is 0.408. The van der Waals surface area contributed by atoms with Gasteiger partial charge in [-0.3, -0.25) is 4.98 Å². The Morgan fingerprint density at radius 1 is 1.00 bits per heavy atom. The van der Waals surface area contributed by atoms with Crippen molar-refractivity contribution in [2.24, 2.45) is 0 Å². The van der Waals surface area contributed by atoms with Crippen LogP contribution in [0.1, 0.15) is 19.5 Å². The quantitative estimate of drug-likeness (QED) is 0.859. The molecule has 0 spiro atoms. The summed E-state index contributed by atoms with van der Waals surface area (Å²) in [6.07, 6.45) is 3.29. The molecule has 1 aromatic carbocycles. The summed E-state index contributed by atoms with van der Waals surface area (Å²) in [5.74, 6) is 1.71. The van der Waals surface area contributed by atoms with Gasteiger partial charge < -0.3 is 9.67 Å². The van der Waals surface area contributed by atoms with Crippen LogP contribution in [0.4, 0.5) is 0 Å². The van der Waals surface area contributed by atoms with Crippen molar-refractivity contribution in [3.63, 3.8) is 0 Å². The van der Waals surface area contributed by atoms with E-state index < -0.39 is 12.5 Å². The van der Waals surface area contributed by atoms with E-state index in [1.54, 1.807) is 48.4 Å². The van der Waals surface area contributed by atoms with Crippen LogP contribution in [-0.4, -0.2) is 10.1 Å². The number of nitrogens with zero attached hydrogens (tertiary/aromatic N) is 1. The molecule has 22 heavy (non-hydrogen) atoms. The molecule has 3 rings (SSSR count). The monoisotopic (exact) mass is 311 g/mol. The zero-order valence-electron chi connectivity index (χ0n) is 12.6. The van der Waals surface area contributed by atoms with Crippen LogP contribution in [0.5, 0.6) is 0 Å². The highest BCUT2D eigenvalue weighted by molar-refractivity contribution is 7.75. The Morgan fingerprint density at radius 3 is 2.32 bits per heavy atom. The van der Waals surface area contributed by atoms with Gasteiger partial charge in [-0.25, -0.2) is 0 Å². The third-order valence-corrected chi connectivity index (χ3v) is 7.29. The van der Waals surface area contributed by atoms with E-state index in [9.17, 15) is 9.67 Å². The van der Waals surface area contributed by atoms with Gasteiger partial charge in [0.05, 0.1) is 5.69 Å². The lowest BCUT2D eigenvalue weighted by Gasteiger charge is -2.36. The summed E-state index contributed by atoms with van der Waals surface area (Å²) in [6.45, 7) is 3.83. The van der Waals surface area contributed by atoms with Gasteiger partial charge in [-0.1, -0.05) is 36.4 Å². The topological polar surface area (TPSA) is 50.2 Å². The molecule has 1 aliphatic rings. The summed E-state index contributed by atoms with van der Waals surface area (Å²) in [4.78, 5) is 4.26. The minimum Gasteiger partial charge on any atom is -0.372 e. The molecular formula is C18H18NO2P. The van der Waals surface area contributed by atoms with Crippen LogP contribution < -0.4 is 5.30 Å². The van der Waals surface area contributed by atoms with E-state index in [0.29, 0.717) is 11.0 Å². The van der Waals surface area contributed by atoms with Gasteiger partial charge in [-0.05, 0) is 49.0 Å². The predicted molar refractivity (Wildman–Crippen MR) is 89.3 cm³/mol. The highest BCUT2D eigenvalue weighted by Gasteiger charge is 2.49. The van der Waals surface area contributed by atoms with E-state index in [0.717, 1.165) is 11.1 Å². The van der Waals surface area contributed by atoms with Crippen LogP contribution in [0, 0.1) is 0 Å². The molecule has 0 amide bonds. The van der Waals surface area contributed by atoms with E-state index in [1.807, 2.05) is 32.0 Å². The number of aromatic nitrogens is 1. The molecule has 4 heteroatoms. The number of allylic oxidation sites excluding steroid dienone is 2. The number of hydrogen-bond donors (Lipinski definition) is 1. The van der Waals surface area contributed by atoms with Gasteiger partial charge >= 0.3 is 0 Å². The van der Waals surface area contributed by atoms with Crippen LogP contribution >= 0.6 is 7.14 Å². The zero-order valence-corrected chi connectivity index (χ0v) is 13.5. The number of rotatable bonds is 2. The highest BCUT2D eigenvalue weighted by Crippen LogP contribution is 2.65. The number of pyridine rings is 1. The lowest BCUT2D eigenvalue weighted by atomic mass is 10.1. The van der Waals surface area contributed by atoms with Crippen LogP contribution in [-0.2, 0) is 9.91 Å². The summed E-state index contributed by atoms with van der Waals surface area (Å²) < 4.78 is 13.8. The first-order valence-corrected chi connectivity index (χ1v) is 8.93. The Morgan fingerprint density at radius 2 is 1.68 bits per heavy atom. The Kier molecular flexibility index (Phi) is 3.64. The van der Waals surface area contributed by atoms with E-state index in [4.69, 9.17) is 0 Å². The summed E-state index contributed by atoms with van der Waals surface area (Å²) in [7, 11) is -3.25. The third-order valence-electron chi connectivity index (χ3n) is 4.10. The molecule has 1 N–H and O–H groups in total. The van der Waals surface area contributed by atoms with E-state index in [-0.39, 0.29) is 0 Å². The van der Waals surface area contributed by atoms with Crippen molar-refractivity contribution in [1.29, 1.82) is 0 Å². The van der Waals surface area contributed by atoms with Crippen molar-refractivity contribution in [3.8, 4) is 0 Å². The van der Waals surface area contributed by atoms with Crippen molar-refractivity contribution in [1.82, 2.24) is 4.98 Å². The Hall–Kier alpha value is -1.96. The molecule has 112 valence electrons. The van der Waals surface area contributed by atoms with Gasteiger partial charge in [0.2, 0.25) is 0 Å². The van der Waals surface area contributed by atoms with Gasteiger partial charge in [-0.15, -0.1) is 0 Å². The lowest BCUT2D eigenvalue weighted by molar-refractivity contribution is 0.170. The number of benzene rings is 1. The van der Waals surface area contributed by atoms with Crippen molar-refractivity contribution in [3.05, 3.63) is 83.5 Å². The van der Waals surface area contributed by atoms with Crippen LogP contribution in [0.15, 0.2) is 77.8 Å². The Labute approximate surface area is 130 Å². The maximum Gasteiger partial charge on any atom is 0.185 e. The fraction of sp³-hybridized carbons (Fsp3) is 0.167. The molecule has 1 aromatic heterocycles. The molecule has 0 unspecified atom stereocenters. The first kappa shape index (κ1) is 15.0. The van der Waals surface area contributed by atoms with Gasteiger partial charge in [-0.2, -0.15) is 0 Å². The Balaban J connectivity index is 2.29. The van der Waals surface area contributed by atoms with Crippen molar-refractivity contribution in [2.45, 2.75) is 19.2 Å². The predicted octanol–water partition coefficient (Wildman–Crippen LogP) is 3.78. The molecule has 0 saturated carbocycles. The average molecular weight is 311 g/mol. The van der Waals surface area contributed by atoms with E-state index in [2.05, 4.69) is 4.98 Å². The summed E-state index contributed by atoms with van der Waals surface area (Å²) in [6, 6.07) is 14.4. The van der Waals surface area contributed by atoms with E-state index >= 15 is 0 Å². The SMILES string of the molecule is CC1=C[C@](O)(c2ccccn2)[P@](=O)(c2ccccc2)C=C1C. The van der Waals surface area contributed by atoms with Crippen LogP contribution in [0.25, 0.3) is 0 Å². The summed E-state index contributed by atoms with van der Waals surface area (Å²) >= 11 is 0. The minimum atomic E-state index is -3.25. The normalized spacial score (nSPS) is 28.0. The standard InChI is InChI=1S/C18H18NO2P/c1-14-12-18(20,17-10-6-7-11-19-17)22(21,13-15(14)2)16-8-4-3-5-9-16/h3-13,20H,1-2H3/t18-,22-/m1/s1. The molecule has 0 radical (unpaired) electrons. The number of hydrogen-bond acceptors (Lipinski definition) is 3. The maximum atomic E-state index is 13.8. The van der Waals surface area contributed by atoms with Crippen molar-refractivity contribution >= 4 is 12.4 Å². The summed E-state index contributed by atoms with van der Waals surface area (Å²) in [5.41, 5.74) is 2.24. The van der Waals surface area contributed by atoms with Gasteiger partial charge in [0, 0.05) is 11.5 Å². The van der Waals surface area contributed by atoms with Crippen molar-refractivity contribution < 1.29 is 9.67 Å². The third kappa shape index (κ3) is 2.18. The van der Waals surface area contributed by atoms with Gasteiger partial charge in [0.25, 0.3) is 0 Å². The fourth-order valence-corrected chi connectivity index (χ4v) is 5.69. The smallest absolute Gasteiger partial charge is 0.185 e. The zero-order chi connectivity index (χ0) is 15.8. The van der Waals surface area contributed by atoms with Crippen LogP contribution in [0.3, 0.4) is 0 Å². The molecule has 0 bridgehead atoms. The second kappa shape index (κ2) is 5.35. The molecule has 0 aliphatic carbocycles. The molecule has 0 fully saturated rings. The van der Waals surface area contributed by atoms with Gasteiger partial charge in [0.15, 0.2) is 12.5 Å². The molecule has 2 heterocycles. The highest BCUT2D eigenvalue weighted by atomic mass is 31.2. The lowest BCUT2D eigenvalue weighted by Crippen LogP contribution is -2.31. The number of aliphatic hydroxyl groups is 1. The second-order valence-electron chi connectivity index (χ2n) is 5.57.